The van der Waals surface area contributed by atoms with Gasteiger partial charge in [0.05, 0.1) is 0 Å². The van der Waals surface area contributed by atoms with Crippen molar-refractivity contribution in [2.45, 2.75) is 0 Å². The van der Waals surface area contributed by atoms with Crippen molar-refractivity contribution in [2.75, 3.05) is 0 Å². The lowest BCUT2D eigenvalue weighted by Crippen LogP contribution is -2.02. The molecule has 0 aromatic heterocycles. The Morgan fingerprint density at radius 3 is 1.00 bits per heavy atom. The third-order valence-electron chi connectivity index (χ3n) is 1.10. The van der Waals surface area contributed by atoms with Crippen LogP contribution in [0.4, 0.5) is 45.9 Å². The van der Waals surface area contributed by atoms with E-state index in [1.165, 1.54) is 12.1 Å². The van der Waals surface area contributed by atoms with Gasteiger partial charge in [0, 0.05) is 12.1 Å². The van der Waals surface area contributed by atoms with Crippen LogP contribution < -0.4 is 0 Å². The average Bonchev–Trinajstić information content (AvgIpc) is 2.24. The molecule has 0 amide bonds. The van der Waals surface area contributed by atoms with E-state index in [1.54, 1.807) is 12.1 Å². The van der Waals surface area contributed by atoms with Gasteiger partial charge in [0.25, 0.3) is 0 Å². The Morgan fingerprint density at radius 2 is 0.850 bits per heavy atom. The Balaban J connectivity index is 0. The van der Waals surface area contributed by atoms with Gasteiger partial charge in [-0.1, -0.05) is 12.1 Å². The van der Waals surface area contributed by atoms with Crippen molar-refractivity contribution in [3.63, 3.8) is 0 Å². The second kappa shape index (κ2) is 8.68. The van der Waals surface area contributed by atoms with Crippen LogP contribution in [0.15, 0.2) is 24.3 Å². The number of hydrogen-bond donors (Lipinski definition) is 0. The fourth-order valence-electron chi connectivity index (χ4n) is 0.633. The first-order chi connectivity index (χ1) is 8.88. The maximum absolute atomic E-state index is 9.75. The van der Waals surface area contributed by atoms with Crippen LogP contribution in [0.5, 0.6) is 0 Å². The van der Waals surface area contributed by atoms with Crippen molar-refractivity contribution in [1.29, 1.82) is 10.8 Å². The van der Waals surface area contributed by atoms with Gasteiger partial charge in [-0.25, -0.2) is 0 Å². The van der Waals surface area contributed by atoms with Gasteiger partial charge in [0.15, 0.2) is 9.95 Å². The third kappa shape index (κ3) is 21.0. The monoisotopic (exact) mass is 306 g/mol. The van der Waals surface area contributed by atoms with E-state index in [0.29, 0.717) is 0 Å². The molecular formula is C6H4B2F8N4. The molecule has 0 radical (unpaired) electrons. The molecule has 0 atom stereocenters. The first-order valence-electron chi connectivity index (χ1n) is 4.42. The van der Waals surface area contributed by atoms with Gasteiger partial charge in [-0.15, -0.1) is 0 Å². The number of halogens is 8. The van der Waals surface area contributed by atoms with Gasteiger partial charge in [-0.2, -0.15) is 0 Å². The Morgan fingerprint density at radius 1 is 0.650 bits per heavy atom. The number of hydrogen-bond acceptors (Lipinski definition) is 2. The van der Waals surface area contributed by atoms with Gasteiger partial charge < -0.3 is 34.5 Å². The second-order valence-electron chi connectivity index (χ2n) is 2.68. The Bertz CT molecular complexity index is 430. The first kappa shape index (κ1) is 20.0. The molecular weight excluding hydrogens is 302 g/mol. The molecule has 110 valence electrons. The lowest BCUT2D eigenvalue weighted by Gasteiger charge is -1.94. The minimum Gasteiger partial charge on any atom is -0.418 e. The average molecular weight is 306 g/mol. The number of benzene rings is 1. The Kier molecular flexibility index (Phi) is 8.67. The maximum atomic E-state index is 9.75. The van der Waals surface area contributed by atoms with E-state index in [-0.39, 0.29) is 11.4 Å². The molecule has 20 heavy (non-hydrogen) atoms. The zero-order chi connectivity index (χ0) is 16.4. The zero-order valence-electron chi connectivity index (χ0n) is 9.28. The molecule has 0 saturated heterocycles. The summed E-state index contributed by atoms with van der Waals surface area (Å²) < 4.78 is 78.0. The Labute approximate surface area is 106 Å². The molecule has 0 aliphatic heterocycles. The van der Waals surface area contributed by atoms with Crippen LogP contribution in [0.25, 0.3) is 9.95 Å². The molecule has 0 spiro atoms. The van der Waals surface area contributed by atoms with E-state index in [0.717, 1.165) is 0 Å². The maximum Gasteiger partial charge on any atom is 0.673 e. The van der Waals surface area contributed by atoms with Crippen molar-refractivity contribution in [3.05, 3.63) is 34.2 Å². The summed E-state index contributed by atoms with van der Waals surface area (Å²) in [6.07, 6.45) is 0. The van der Waals surface area contributed by atoms with Crippen LogP contribution in [0.3, 0.4) is 0 Å². The third-order valence-corrected chi connectivity index (χ3v) is 1.10. The molecule has 1 rings (SSSR count). The second-order valence-corrected chi connectivity index (χ2v) is 2.68. The molecule has 0 aliphatic rings. The van der Waals surface area contributed by atoms with Gasteiger partial charge in [-0.05, 0) is 0 Å². The van der Waals surface area contributed by atoms with Crippen LogP contribution in [-0.4, -0.2) is 14.5 Å². The highest BCUT2D eigenvalue weighted by molar-refractivity contribution is 6.50. The molecule has 0 saturated carbocycles. The van der Waals surface area contributed by atoms with Crippen LogP contribution in [-0.2, 0) is 0 Å². The molecule has 4 nitrogen and oxygen atoms in total. The first-order valence-corrected chi connectivity index (χ1v) is 4.42. The van der Waals surface area contributed by atoms with Gasteiger partial charge in [0.2, 0.25) is 10.8 Å². The Hall–Kier alpha value is -2.37. The molecule has 14 heteroatoms. The topological polar surface area (TPSA) is 56.3 Å². The minimum atomic E-state index is -6.00. The highest BCUT2D eigenvalue weighted by Crippen LogP contribution is 2.26. The van der Waals surface area contributed by atoms with Crippen LogP contribution in [0.2, 0.25) is 0 Å². The molecule has 0 fully saturated rings. The van der Waals surface area contributed by atoms with Crippen LogP contribution >= 0.6 is 0 Å². The lowest BCUT2D eigenvalue weighted by molar-refractivity contribution is 0.366. The summed E-state index contributed by atoms with van der Waals surface area (Å²) in [5.74, 6) is 0. The van der Waals surface area contributed by atoms with Crippen LogP contribution in [0, 0.1) is 10.8 Å². The van der Waals surface area contributed by atoms with E-state index in [1.807, 2.05) is 0 Å². The molecule has 0 heterocycles. The zero-order valence-corrected chi connectivity index (χ0v) is 9.28. The minimum absolute atomic E-state index is 0.255. The summed E-state index contributed by atoms with van der Waals surface area (Å²) in [5, 5.41) is 16.6. The normalized spacial score (nSPS) is 9.90. The van der Waals surface area contributed by atoms with Crippen molar-refractivity contribution in [3.8, 4) is 0 Å². The highest BCUT2D eigenvalue weighted by Gasteiger charge is 2.22. The molecule has 0 N–H and O–H groups in total. The summed E-state index contributed by atoms with van der Waals surface area (Å²) in [6.45, 7) is 0. The molecule has 0 aliphatic carbocycles. The van der Waals surface area contributed by atoms with E-state index in [2.05, 4.69) is 9.95 Å². The van der Waals surface area contributed by atoms with E-state index in [4.69, 9.17) is 10.8 Å². The summed E-state index contributed by atoms with van der Waals surface area (Å²) in [5.41, 5.74) is 0.509. The van der Waals surface area contributed by atoms with E-state index >= 15 is 0 Å². The summed E-state index contributed by atoms with van der Waals surface area (Å²) in [7, 11) is -12.0. The smallest absolute Gasteiger partial charge is 0.418 e. The summed E-state index contributed by atoms with van der Waals surface area (Å²) >= 11 is 0. The summed E-state index contributed by atoms with van der Waals surface area (Å²) in [6, 6.07) is 6.44. The fraction of sp³-hybridized carbons (Fsp3) is 0. The van der Waals surface area contributed by atoms with Crippen molar-refractivity contribution in [2.24, 2.45) is 0 Å². The largest absolute Gasteiger partial charge is 0.673 e. The lowest BCUT2D eigenvalue weighted by atomic mass is 10.3. The SMILES string of the molecule is F[B-](F)(F)F.F[B-](F)(F)F.N#[N+]c1ccccc1[N+]#N. The molecule has 0 bridgehead atoms. The predicted molar refractivity (Wildman–Crippen MR) is 56.3 cm³/mol. The van der Waals surface area contributed by atoms with Gasteiger partial charge >= 0.3 is 25.9 Å². The van der Waals surface area contributed by atoms with Gasteiger partial charge in [0.1, 0.15) is 0 Å². The van der Waals surface area contributed by atoms with Gasteiger partial charge in [-0.3, -0.25) is 0 Å². The standard InChI is InChI=1S/C6H4N4.2BF4/c7-9-5-3-1-2-4-6(5)10-8;2*2-1(3,4)5/h1-4H;;/q+2;2*-1. The molecule has 1 aromatic rings. The predicted octanol–water partition coefficient (Wildman–Crippen LogP) is 5.26. The van der Waals surface area contributed by atoms with Crippen molar-refractivity contribution >= 4 is 25.9 Å². The van der Waals surface area contributed by atoms with Crippen molar-refractivity contribution in [1.82, 2.24) is 0 Å². The van der Waals surface area contributed by atoms with Crippen LogP contribution in [0.1, 0.15) is 0 Å². The van der Waals surface area contributed by atoms with Crippen molar-refractivity contribution < 1.29 is 34.5 Å². The molecule has 0 unspecified atom stereocenters. The molecule has 1 aromatic carbocycles. The number of nitrogens with zero attached hydrogens (tertiary/aromatic N) is 4. The summed E-state index contributed by atoms with van der Waals surface area (Å²) in [4.78, 5) is 5.78. The number of diazo groups is 2. The number of rotatable bonds is 0. The van der Waals surface area contributed by atoms with E-state index in [9.17, 15) is 34.5 Å². The quantitative estimate of drug-likeness (QED) is 0.373. The fourth-order valence-corrected chi connectivity index (χ4v) is 0.633. The van der Waals surface area contributed by atoms with E-state index < -0.39 is 14.5 Å². The highest BCUT2D eigenvalue weighted by atomic mass is 19.5.